The summed E-state index contributed by atoms with van der Waals surface area (Å²) in [5.74, 6) is 2.09. The number of hydrogen-bond donors (Lipinski definition) is 0. The Bertz CT molecular complexity index is 626. The molecule has 22 heavy (non-hydrogen) atoms. The van der Waals surface area contributed by atoms with Gasteiger partial charge in [-0.15, -0.1) is 0 Å². The molecule has 4 rings (SSSR count). The van der Waals surface area contributed by atoms with E-state index in [-0.39, 0.29) is 16.7 Å². The highest BCUT2D eigenvalue weighted by Gasteiger charge is 2.57. The zero-order valence-corrected chi connectivity index (χ0v) is 13.9. The van der Waals surface area contributed by atoms with Gasteiger partial charge >= 0.3 is 0 Å². The molecule has 0 heterocycles. The average molecular weight is 298 g/mol. The van der Waals surface area contributed by atoms with Crippen LogP contribution in [0.5, 0.6) is 0 Å². The molecule has 0 aromatic heterocycles. The van der Waals surface area contributed by atoms with Crippen LogP contribution < -0.4 is 0 Å². The lowest BCUT2D eigenvalue weighted by Gasteiger charge is -2.52. The smallest absolute Gasteiger partial charge is 0.155 e. The molecule has 0 aromatic rings. The second-order valence-electron chi connectivity index (χ2n) is 8.50. The van der Waals surface area contributed by atoms with Crippen molar-refractivity contribution in [1.82, 2.24) is 0 Å². The van der Waals surface area contributed by atoms with Gasteiger partial charge in [0.2, 0.25) is 0 Å². The maximum absolute atomic E-state index is 12.7. The molecule has 0 amide bonds. The van der Waals surface area contributed by atoms with Crippen LogP contribution in [0, 0.1) is 28.6 Å². The first-order chi connectivity index (χ1) is 10.4. The molecule has 4 aliphatic carbocycles. The standard InChI is InChI=1S/C20H26O2/c1-12-10-17-15-5-4-13-11-14(21)6-8-19(13,2)16(15)7-9-20(17,3)18(12)22/h7,11-12,15,17H,4-6,8-10H2,1-3H3/t12-,15+,17-,19-,20-/m0/s1. The van der Waals surface area contributed by atoms with Crippen LogP contribution in [-0.4, -0.2) is 11.6 Å². The van der Waals surface area contributed by atoms with E-state index in [9.17, 15) is 9.59 Å². The Balaban J connectivity index is 1.77. The molecule has 0 aliphatic heterocycles. The normalized spacial score (nSPS) is 47.3. The van der Waals surface area contributed by atoms with Gasteiger partial charge in [0, 0.05) is 23.2 Å². The maximum Gasteiger partial charge on any atom is 0.155 e. The highest BCUT2D eigenvalue weighted by molar-refractivity contribution is 5.92. The predicted octanol–water partition coefficient (Wildman–Crippen LogP) is 4.25. The van der Waals surface area contributed by atoms with Crippen molar-refractivity contribution in [2.24, 2.45) is 28.6 Å². The number of rotatable bonds is 0. The summed E-state index contributed by atoms with van der Waals surface area (Å²) in [5.41, 5.74) is 2.87. The topological polar surface area (TPSA) is 34.1 Å². The monoisotopic (exact) mass is 298 g/mol. The molecule has 2 nitrogen and oxygen atoms in total. The van der Waals surface area contributed by atoms with Crippen molar-refractivity contribution in [1.29, 1.82) is 0 Å². The molecular formula is C20H26O2. The summed E-state index contributed by atoms with van der Waals surface area (Å²) in [5, 5.41) is 0. The fourth-order valence-electron chi connectivity index (χ4n) is 5.98. The van der Waals surface area contributed by atoms with Gasteiger partial charge in [0.1, 0.15) is 5.78 Å². The van der Waals surface area contributed by atoms with Gasteiger partial charge in [0.15, 0.2) is 5.78 Å². The Morgan fingerprint density at radius 2 is 1.95 bits per heavy atom. The van der Waals surface area contributed by atoms with E-state index in [0.717, 1.165) is 32.1 Å². The zero-order chi connectivity index (χ0) is 15.7. The summed E-state index contributed by atoms with van der Waals surface area (Å²) in [6.07, 6.45) is 10.1. The number of allylic oxidation sites excluding steroid dienone is 4. The molecule has 0 radical (unpaired) electrons. The molecular weight excluding hydrogens is 272 g/mol. The van der Waals surface area contributed by atoms with Gasteiger partial charge < -0.3 is 0 Å². The van der Waals surface area contributed by atoms with Crippen LogP contribution in [0.3, 0.4) is 0 Å². The Labute approximate surface area is 133 Å². The second-order valence-corrected chi connectivity index (χ2v) is 8.50. The van der Waals surface area contributed by atoms with Crippen molar-refractivity contribution in [2.75, 3.05) is 0 Å². The molecule has 0 N–H and O–H groups in total. The fraction of sp³-hybridized carbons (Fsp3) is 0.700. The highest BCUT2D eigenvalue weighted by Crippen LogP contribution is 2.62. The molecule has 2 heteroatoms. The number of ketones is 2. The zero-order valence-electron chi connectivity index (χ0n) is 13.9. The summed E-state index contributed by atoms with van der Waals surface area (Å²) in [6, 6.07) is 0. The summed E-state index contributed by atoms with van der Waals surface area (Å²) >= 11 is 0. The number of carbonyl (C=O) groups excluding carboxylic acids is 2. The van der Waals surface area contributed by atoms with Gasteiger partial charge in [-0.2, -0.15) is 0 Å². The maximum atomic E-state index is 12.7. The molecule has 2 saturated carbocycles. The molecule has 118 valence electrons. The van der Waals surface area contributed by atoms with Gasteiger partial charge in [-0.1, -0.05) is 38.0 Å². The van der Waals surface area contributed by atoms with E-state index in [1.165, 1.54) is 5.57 Å². The summed E-state index contributed by atoms with van der Waals surface area (Å²) in [7, 11) is 0. The van der Waals surface area contributed by atoms with Crippen LogP contribution in [0.25, 0.3) is 0 Å². The quantitative estimate of drug-likeness (QED) is 0.626. The Kier molecular flexibility index (Phi) is 2.90. The number of Topliss-reactive ketones (excluding diaryl/α,β-unsaturated/α-hetero) is 1. The Morgan fingerprint density at radius 3 is 2.73 bits per heavy atom. The molecule has 0 saturated heterocycles. The van der Waals surface area contributed by atoms with Crippen molar-refractivity contribution >= 4 is 11.6 Å². The van der Waals surface area contributed by atoms with Gasteiger partial charge in [0.05, 0.1) is 0 Å². The van der Waals surface area contributed by atoms with E-state index >= 15 is 0 Å². The highest BCUT2D eigenvalue weighted by atomic mass is 16.1. The van der Waals surface area contributed by atoms with E-state index in [1.807, 2.05) is 6.08 Å². The molecule has 0 unspecified atom stereocenters. The van der Waals surface area contributed by atoms with E-state index < -0.39 is 0 Å². The number of carbonyl (C=O) groups is 2. The SMILES string of the molecule is C[C@H]1C[C@H]2[C@@H]3CCC4=CC(=O)CC[C@]4(C)C3=CC[C@]2(C)C1=O. The van der Waals surface area contributed by atoms with Gasteiger partial charge in [-0.25, -0.2) is 0 Å². The van der Waals surface area contributed by atoms with Crippen LogP contribution in [0.1, 0.15) is 59.3 Å². The van der Waals surface area contributed by atoms with Gasteiger partial charge in [0.25, 0.3) is 0 Å². The van der Waals surface area contributed by atoms with Crippen molar-refractivity contribution < 1.29 is 9.59 Å². The van der Waals surface area contributed by atoms with Crippen LogP contribution in [0.4, 0.5) is 0 Å². The fourth-order valence-corrected chi connectivity index (χ4v) is 5.98. The number of fused-ring (bicyclic) bond motifs is 5. The molecule has 5 atom stereocenters. The van der Waals surface area contributed by atoms with E-state index in [1.54, 1.807) is 5.57 Å². The van der Waals surface area contributed by atoms with Crippen molar-refractivity contribution in [2.45, 2.75) is 59.3 Å². The predicted molar refractivity (Wildman–Crippen MR) is 86.2 cm³/mol. The minimum absolute atomic E-state index is 0.0903. The molecule has 0 bridgehead atoms. The van der Waals surface area contributed by atoms with Crippen molar-refractivity contribution in [3.05, 3.63) is 23.3 Å². The van der Waals surface area contributed by atoms with Crippen LogP contribution in [-0.2, 0) is 9.59 Å². The minimum Gasteiger partial charge on any atom is -0.299 e. The summed E-state index contributed by atoms with van der Waals surface area (Å²) in [6.45, 7) is 6.65. The third-order valence-electron chi connectivity index (χ3n) is 7.34. The lowest BCUT2D eigenvalue weighted by molar-refractivity contribution is -0.129. The summed E-state index contributed by atoms with van der Waals surface area (Å²) in [4.78, 5) is 24.5. The summed E-state index contributed by atoms with van der Waals surface area (Å²) < 4.78 is 0. The molecule has 2 fully saturated rings. The minimum atomic E-state index is -0.129. The lowest BCUT2D eigenvalue weighted by atomic mass is 9.52. The van der Waals surface area contributed by atoms with Crippen LogP contribution in [0.15, 0.2) is 23.3 Å². The number of hydrogen-bond acceptors (Lipinski definition) is 2. The molecule has 0 spiro atoms. The van der Waals surface area contributed by atoms with Crippen molar-refractivity contribution in [3.63, 3.8) is 0 Å². The van der Waals surface area contributed by atoms with E-state index in [2.05, 4.69) is 26.8 Å². The third-order valence-corrected chi connectivity index (χ3v) is 7.34. The van der Waals surface area contributed by atoms with Crippen molar-refractivity contribution in [3.8, 4) is 0 Å². The van der Waals surface area contributed by atoms with E-state index in [0.29, 0.717) is 29.8 Å². The first-order valence-corrected chi connectivity index (χ1v) is 8.85. The molecule has 0 aromatic carbocycles. The van der Waals surface area contributed by atoms with E-state index in [4.69, 9.17) is 0 Å². The first kappa shape index (κ1) is 14.4. The van der Waals surface area contributed by atoms with Crippen LogP contribution >= 0.6 is 0 Å². The first-order valence-electron chi connectivity index (χ1n) is 8.85. The van der Waals surface area contributed by atoms with Gasteiger partial charge in [-0.05, 0) is 50.0 Å². The third kappa shape index (κ3) is 1.67. The molecule has 4 aliphatic rings. The Hall–Kier alpha value is -1.18. The Morgan fingerprint density at radius 1 is 1.18 bits per heavy atom. The average Bonchev–Trinajstić information content (AvgIpc) is 2.72. The lowest BCUT2D eigenvalue weighted by Crippen LogP contribution is -2.44. The largest absolute Gasteiger partial charge is 0.299 e. The van der Waals surface area contributed by atoms with Crippen LogP contribution in [0.2, 0.25) is 0 Å². The second kappa shape index (κ2) is 4.43. The van der Waals surface area contributed by atoms with Gasteiger partial charge in [-0.3, -0.25) is 9.59 Å².